The van der Waals surface area contributed by atoms with Crippen molar-refractivity contribution in [1.82, 2.24) is 19.9 Å². The molecule has 0 saturated carbocycles. The normalized spacial score (nSPS) is 11.6. The summed E-state index contributed by atoms with van der Waals surface area (Å²) in [6.45, 7) is 5.71. The smallest absolute Gasteiger partial charge is 0.151 e. The zero-order valence-electron chi connectivity index (χ0n) is 12.0. The fourth-order valence-electron chi connectivity index (χ4n) is 2.18. The number of aryl methyl sites for hydroxylation is 3. The molecule has 0 aliphatic carbocycles. The summed E-state index contributed by atoms with van der Waals surface area (Å²) in [6, 6.07) is 8.01. The summed E-state index contributed by atoms with van der Waals surface area (Å²) in [5.41, 5.74) is 2.78. The summed E-state index contributed by atoms with van der Waals surface area (Å²) in [6.07, 6.45) is 1.68. The molecular formula is C15H14ClN5. The minimum Gasteiger partial charge on any atom is -0.235 e. The van der Waals surface area contributed by atoms with Gasteiger partial charge >= 0.3 is 0 Å². The van der Waals surface area contributed by atoms with Crippen molar-refractivity contribution in [3.63, 3.8) is 0 Å². The van der Waals surface area contributed by atoms with Gasteiger partial charge in [0.15, 0.2) is 11.6 Å². The molecule has 2 aromatic heterocycles. The summed E-state index contributed by atoms with van der Waals surface area (Å²) >= 11 is 6.25. The van der Waals surface area contributed by atoms with Crippen LogP contribution in [0.5, 0.6) is 0 Å². The molecule has 2 heterocycles. The van der Waals surface area contributed by atoms with Gasteiger partial charge in [-0.05, 0) is 32.4 Å². The van der Waals surface area contributed by atoms with Crippen LogP contribution in [-0.2, 0) is 0 Å². The lowest BCUT2D eigenvalue weighted by Gasteiger charge is -2.04. The van der Waals surface area contributed by atoms with E-state index in [1.807, 2.05) is 45.0 Å². The minimum absolute atomic E-state index is 0.434. The van der Waals surface area contributed by atoms with Crippen LogP contribution in [0.25, 0.3) is 10.9 Å². The van der Waals surface area contributed by atoms with Crippen LogP contribution in [0.3, 0.4) is 0 Å². The van der Waals surface area contributed by atoms with E-state index in [1.54, 1.807) is 10.9 Å². The first kappa shape index (κ1) is 13.7. The molecule has 21 heavy (non-hydrogen) atoms. The third-order valence-electron chi connectivity index (χ3n) is 3.29. The van der Waals surface area contributed by atoms with E-state index in [2.05, 4.69) is 20.3 Å². The Morgan fingerprint density at radius 2 is 1.86 bits per heavy atom. The van der Waals surface area contributed by atoms with Crippen LogP contribution in [0, 0.1) is 20.8 Å². The molecular weight excluding hydrogens is 286 g/mol. The zero-order valence-corrected chi connectivity index (χ0v) is 12.8. The average Bonchev–Trinajstić information content (AvgIpc) is 2.77. The first-order valence-corrected chi connectivity index (χ1v) is 6.93. The Balaban J connectivity index is 2.07. The molecule has 106 valence electrons. The van der Waals surface area contributed by atoms with Gasteiger partial charge in [-0.1, -0.05) is 29.8 Å². The van der Waals surface area contributed by atoms with Crippen LogP contribution < -0.4 is 0 Å². The van der Waals surface area contributed by atoms with E-state index in [1.165, 1.54) is 0 Å². The van der Waals surface area contributed by atoms with Crippen LogP contribution in [-0.4, -0.2) is 26.1 Å². The molecule has 0 aliphatic rings. The molecule has 0 spiro atoms. The molecule has 0 N–H and O–H groups in total. The third kappa shape index (κ3) is 2.52. The number of rotatable bonds is 2. The van der Waals surface area contributed by atoms with Crippen molar-refractivity contribution >= 4 is 28.7 Å². The maximum absolute atomic E-state index is 6.25. The topological polar surface area (TPSA) is 56.0 Å². The highest BCUT2D eigenvalue weighted by atomic mass is 35.5. The summed E-state index contributed by atoms with van der Waals surface area (Å²) in [7, 11) is 0. The molecule has 0 bridgehead atoms. The fourth-order valence-corrected chi connectivity index (χ4v) is 2.37. The zero-order chi connectivity index (χ0) is 15.0. The molecule has 0 atom stereocenters. The van der Waals surface area contributed by atoms with Crippen LogP contribution in [0.1, 0.15) is 22.8 Å². The van der Waals surface area contributed by atoms with Crippen molar-refractivity contribution in [1.29, 1.82) is 0 Å². The van der Waals surface area contributed by atoms with E-state index in [-0.39, 0.29) is 0 Å². The number of hydrogen-bond donors (Lipinski definition) is 0. The van der Waals surface area contributed by atoms with Crippen molar-refractivity contribution < 1.29 is 0 Å². The minimum atomic E-state index is 0.434. The first-order valence-electron chi connectivity index (χ1n) is 6.55. The van der Waals surface area contributed by atoms with Crippen molar-refractivity contribution in [2.45, 2.75) is 20.8 Å². The monoisotopic (exact) mass is 299 g/mol. The molecule has 6 heteroatoms. The van der Waals surface area contributed by atoms with Gasteiger partial charge in [-0.2, -0.15) is 5.10 Å². The quantitative estimate of drug-likeness (QED) is 0.539. The lowest BCUT2D eigenvalue weighted by Crippen LogP contribution is -1.97. The summed E-state index contributed by atoms with van der Waals surface area (Å²) in [5.74, 6) is 1.45. The Morgan fingerprint density at radius 3 is 2.57 bits per heavy atom. The third-order valence-corrected chi connectivity index (χ3v) is 3.60. The highest BCUT2D eigenvalue weighted by Crippen LogP contribution is 2.21. The van der Waals surface area contributed by atoms with Gasteiger partial charge in [0.1, 0.15) is 5.15 Å². The van der Waals surface area contributed by atoms with Gasteiger partial charge < -0.3 is 0 Å². The van der Waals surface area contributed by atoms with Crippen LogP contribution >= 0.6 is 11.6 Å². The standard InChI is InChI=1S/C15H14ClN5/c1-9-5-4-6-12-7-13(15(16)18-14(9)12)8-17-21-10(2)19-20-11(21)3/h4-8H,1-3H3/b17-8-. The van der Waals surface area contributed by atoms with Crippen molar-refractivity contribution in [2.24, 2.45) is 5.10 Å². The average molecular weight is 300 g/mol. The highest BCUT2D eigenvalue weighted by Gasteiger charge is 2.06. The SMILES string of the molecule is Cc1cccc2cc(/C=N\n3c(C)nnc3C)c(Cl)nc12. The van der Waals surface area contributed by atoms with Gasteiger partial charge in [0, 0.05) is 10.9 Å². The van der Waals surface area contributed by atoms with Crippen molar-refractivity contribution in [2.75, 3.05) is 0 Å². The van der Waals surface area contributed by atoms with Gasteiger partial charge in [-0.25, -0.2) is 9.66 Å². The highest BCUT2D eigenvalue weighted by molar-refractivity contribution is 6.32. The fraction of sp³-hybridized carbons (Fsp3) is 0.200. The lowest BCUT2D eigenvalue weighted by molar-refractivity contribution is 0.799. The maximum Gasteiger partial charge on any atom is 0.151 e. The predicted molar refractivity (Wildman–Crippen MR) is 84.0 cm³/mol. The Labute approximate surface area is 127 Å². The second kappa shape index (κ2) is 5.26. The lowest BCUT2D eigenvalue weighted by atomic mass is 10.1. The molecule has 3 aromatic rings. The number of fused-ring (bicyclic) bond motifs is 1. The number of para-hydroxylation sites is 1. The van der Waals surface area contributed by atoms with Gasteiger partial charge in [-0.15, -0.1) is 10.2 Å². The Hall–Kier alpha value is -2.27. The molecule has 0 unspecified atom stereocenters. The Bertz CT molecular complexity index is 831. The molecule has 3 rings (SSSR count). The Kier molecular flexibility index (Phi) is 3.43. The molecule has 0 saturated heterocycles. The van der Waals surface area contributed by atoms with Gasteiger partial charge in [0.2, 0.25) is 0 Å². The molecule has 5 nitrogen and oxygen atoms in total. The first-order chi connectivity index (χ1) is 10.1. The van der Waals surface area contributed by atoms with E-state index < -0.39 is 0 Å². The van der Waals surface area contributed by atoms with Crippen LogP contribution in [0.15, 0.2) is 29.4 Å². The van der Waals surface area contributed by atoms with Crippen molar-refractivity contribution in [3.05, 3.63) is 52.2 Å². The number of halogens is 1. The van der Waals surface area contributed by atoms with E-state index in [0.717, 1.165) is 33.7 Å². The summed E-state index contributed by atoms with van der Waals surface area (Å²) in [5, 5.41) is 13.8. The second-order valence-electron chi connectivity index (χ2n) is 4.87. The van der Waals surface area contributed by atoms with Crippen LogP contribution in [0.4, 0.5) is 0 Å². The molecule has 0 aliphatic heterocycles. The molecule has 0 amide bonds. The van der Waals surface area contributed by atoms with E-state index in [4.69, 9.17) is 11.6 Å². The second-order valence-corrected chi connectivity index (χ2v) is 5.22. The van der Waals surface area contributed by atoms with Gasteiger partial charge in [0.05, 0.1) is 11.7 Å². The number of aromatic nitrogens is 4. The van der Waals surface area contributed by atoms with Crippen molar-refractivity contribution in [3.8, 4) is 0 Å². The largest absolute Gasteiger partial charge is 0.235 e. The van der Waals surface area contributed by atoms with Gasteiger partial charge in [-0.3, -0.25) is 0 Å². The summed E-state index contributed by atoms with van der Waals surface area (Å²) < 4.78 is 1.66. The molecule has 0 radical (unpaired) electrons. The number of hydrogen-bond acceptors (Lipinski definition) is 4. The Morgan fingerprint density at radius 1 is 1.14 bits per heavy atom. The van der Waals surface area contributed by atoms with E-state index in [0.29, 0.717) is 5.15 Å². The molecule has 0 fully saturated rings. The number of benzene rings is 1. The predicted octanol–water partition coefficient (Wildman–Crippen LogP) is 3.29. The van der Waals surface area contributed by atoms with Crippen LogP contribution in [0.2, 0.25) is 5.15 Å². The number of nitrogens with zero attached hydrogens (tertiary/aromatic N) is 5. The van der Waals surface area contributed by atoms with Gasteiger partial charge in [0.25, 0.3) is 0 Å². The number of pyridine rings is 1. The summed E-state index contributed by atoms with van der Waals surface area (Å²) in [4.78, 5) is 4.45. The van der Waals surface area contributed by atoms with E-state index >= 15 is 0 Å². The van der Waals surface area contributed by atoms with E-state index in [9.17, 15) is 0 Å². The maximum atomic E-state index is 6.25. The molecule has 1 aromatic carbocycles.